The van der Waals surface area contributed by atoms with Gasteiger partial charge in [-0.1, -0.05) is 44.2 Å². The topological polar surface area (TPSA) is 41.9 Å². The van der Waals surface area contributed by atoms with E-state index in [0.717, 1.165) is 10.2 Å². The Bertz CT molecular complexity index is 937. The molecule has 2 N–H and O–H groups in total. The van der Waals surface area contributed by atoms with E-state index in [1.165, 1.54) is 11.6 Å². The number of thiocarbonyl (C=S) groups is 1. The van der Waals surface area contributed by atoms with Crippen LogP contribution in [-0.4, -0.2) is 14.9 Å². The van der Waals surface area contributed by atoms with Crippen LogP contribution in [0.15, 0.2) is 59.2 Å². The maximum absolute atomic E-state index is 13.8. The van der Waals surface area contributed by atoms with Crippen molar-refractivity contribution in [2.45, 2.75) is 26.3 Å². The van der Waals surface area contributed by atoms with Crippen molar-refractivity contribution in [3.05, 3.63) is 76.1 Å². The summed E-state index contributed by atoms with van der Waals surface area (Å²) < 4.78 is 16.2. The van der Waals surface area contributed by atoms with Gasteiger partial charge in [-0.3, -0.25) is 4.68 Å². The highest BCUT2D eigenvalue weighted by Crippen LogP contribution is 2.22. The third-order valence-electron chi connectivity index (χ3n) is 4.07. The molecule has 0 amide bonds. The number of hydrogen-bond donors (Lipinski definition) is 2. The smallest absolute Gasteiger partial charge is 0.176 e. The summed E-state index contributed by atoms with van der Waals surface area (Å²) in [7, 11) is 0. The molecule has 0 aliphatic carbocycles. The summed E-state index contributed by atoms with van der Waals surface area (Å²) in [5.41, 5.74) is 2.75. The van der Waals surface area contributed by atoms with E-state index in [9.17, 15) is 4.39 Å². The van der Waals surface area contributed by atoms with E-state index >= 15 is 0 Å². The minimum absolute atomic E-state index is 0.249. The van der Waals surface area contributed by atoms with E-state index in [-0.39, 0.29) is 5.82 Å². The first-order valence-corrected chi connectivity index (χ1v) is 9.77. The quantitative estimate of drug-likeness (QED) is 0.488. The van der Waals surface area contributed by atoms with Crippen LogP contribution in [0.5, 0.6) is 0 Å². The number of rotatable bonds is 5. The van der Waals surface area contributed by atoms with Gasteiger partial charge in [0.2, 0.25) is 0 Å². The molecule has 0 fully saturated rings. The maximum Gasteiger partial charge on any atom is 0.176 e. The number of hydrogen-bond acceptors (Lipinski definition) is 2. The first kappa shape index (κ1) is 19.5. The molecule has 1 heterocycles. The Morgan fingerprint density at radius 1 is 1.15 bits per heavy atom. The fraction of sp³-hybridized carbons (Fsp3) is 0.200. The van der Waals surface area contributed by atoms with Crippen molar-refractivity contribution in [2.75, 3.05) is 10.6 Å². The molecule has 1 aromatic heterocycles. The van der Waals surface area contributed by atoms with Crippen molar-refractivity contribution in [2.24, 2.45) is 0 Å². The molecule has 27 heavy (non-hydrogen) atoms. The van der Waals surface area contributed by atoms with Crippen LogP contribution in [0.2, 0.25) is 0 Å². The third kappa shape index (κ3) is 5.14. The molecule has 0 saturated heterocycles. The van der Waals surface area contributed by atoms with E-state index < -0.39 is 0 Å². The van der Waals surface area contributed by atoms with Crippen LogP contribution in [0.1, 0.15) is 30.9 Å². The molecule has 0 spiro atoms. The van der Waals surface area contributed by atoms with E-state index in [0.29, 0.717) is 29.0 Å². The van der Waals surface area contributed by atoms with Crippen LogP contribution in [0.25, 0.3) is 0 Å². The minimum atomic E-state index is -0.249. The summed E-state index contributed by atoms with van der Waals surface area (Å²) in [6, 6.07) is 14.8. The number of halogens is 2. The van der Waals surface area contributed by atoms with Crippen molar-refractivity contribution >= 4 is 44.8 Å². The lowest BCUT2D eigenvalue weighted by Gasteiger charge is -2.11. The highest BCUT2D eigenvalue weighted by molar-refractivity contribution is 9.10. The first-order valence-electron chi connectivity index (χ1n) is 8.56. The fourth-order valence-corrected chi connectivity index (χ4v) is 3.21. The average molecular weight is 447 g/mol. The lowest BCUT2D eigenvalue weighted by molar-refractivity contribution is 0.586. The summed E-state index contributed by atoms with van der Waals surface area (Å²) in [6.45, 7) is 4.65. The van der Waals surface area contributed by atoms with Gasteiger partial charge in [0, 0.05) is 17.4 Å². The predicted molar refractivity (Wildman–Crippen MR) is 116 cm³/mol. The molecule has 0 aliphatic heterocycles. The monoisotopic (exact) mass is 446 g/mol. The predicted octanol–water partition coefficient (Wildman–Crippen LogP) is 5.77. The molecule has 4 nitrogen and oxygen atoms in total. The van der Waals surface area contributed by atoms with Gasteiger partial charge < -0.3 is 10.6 Å². The molecule has 0 saturated carbocycles. The number of anilines is 2. The Labute approximate surface area is 171 Å². The first-order chi connectivity index (χ1) is 12.9. The molecule has 0 bridgehead atoms. The van der Waals surface area contributed by atoms with E-state index in [4.69, 9.17) is 12.2 Å². The zero-order valence-electron chi connectivity index (χ0n) is 15.0. The molecule has 3 aromatic rings. The Morgan fingerprint density at radius 3 is 2.52 bits per heavy atom. The molecule has 0 atom stereocenters. The second kappa shape index (κ2) is 8.63. The molecule has 0 radical (unpaired) electrons. The second-order valence-corrected chi connectivity index (χ2v) is 7.73. The standard InChI is InChI=1S/C20H20BrFN4S/c1-13(2)14-7-9-16(10-8-14)23-20(27)24-19-17(21)12-26(25-19)11-15-5-3-4-6-18(15)22/h3-10,12-13H,11H2,1-2H3,(H2,23,24,25,27). The van der Waals surface area contributed by atoms with Gasteiger partial charge in [0.15, 0.2) is 10.9 Å². The van der Waals surface area contributed by atoms with Crippen LogP contribution in [0.3, 0.4) is 0 Å². The highest BCUT2D eigenvalue weighted by Gasteiger charge is 2.10. The minimum Gasteiger partial charge on any atom is -0.332 e. The van der Waals surface area contributed by atoms with Crippen LogP contribution in [0.4, 0.5) is 15.9 Å². The molecule has 3 rings (SSSR count). The average Bonchev–Trinajstić information content (AvgIpc) is 2.96. The molecular weight excluding hydrogens is 427 g/mol. The van der Waals surface area contributed by atoms with Crippen LogP contribution in [0, 0.1) is 5.82 Å². The van der Waals surface area contributed by atoms with Gasteiger partial charge >= 0.3 is 0 Å². The van der Waals surface area contributed by atoms with Gasteiger partial charge in [-0.25, -0.2) is 4.39 Å². The van der Waals surface area contributed by atoms with E-state index in [1.807, 2.05) is 12.1 Å². The van der Waals surface area contributed by atoms with Gasteiger partial charge in [-0.2, -0.15) is 5.10 Å². The van der Waals surface area contributed by atoms with Crippen LogP contribution < -0.4 is 10.6 Å². The Hall–Kier alpha value is -2.25. The second-order valence-electron chi connectivity index (χ2n) is 6.47. The van der Waals surface area contributed by atoms with Crippen LogP contribution >= 0.6 is 28.1 Å². The summed E-state index contributed by atoms with van der Waals surface area (Å²) >= 11 is 8.83. The zero-order chi connectivity index (χ0) is 19.4. The fourth-order valence-electron chi connectivity index (χ4n) is 2.59. The van der Waals surface area contributed by atoms with E-state index in [2.05, 4.69) is 57.6 Å². The van der Waals surface area contributed by atoms with Crippen molar-refractivity contribution in [1.82, 2.24) is 9.78 Å². The summed E-state index contributed by atoms with van der Waals surface area (Å²) in [5, 5.41) is 11.1. The lowest BCUT2D eigenvalue weighted by atomic mass is 10.0. The van der Waals surface area contributed by atoms with Gasteiger partial charge in [-0.05, 0) is 57.8 Å². The number of nitrogens with one attached hydrogen (secondary N) is 2. The molecule has 2 aromatic carbocycles. The summed E-state index contributed by atoms with van der Waals surface area (Å²) in [5.74, 6) is 0.807. The largest absolute Gasteiger partial charge is 0.332 e. The summed E-state index contributed by atoms with van der Waals surface area (Å²) in [6.07, 6.45) is 1.79. The number of aromatic nitrogens is 2. The van der Waals surface area contributed by atoms with E-state index in [1.54, 1.807) is 29.1 Å². The van der Waals surface area contributed by atoms with Crippen molar-refractivity contribution in [3.63, 3.8) is 0 Å². The van der Waals surface area contributed by atoms with Crippen molar-refractivity contribution in [1.29, 1.82) is 0 Å². The maximum atomic E-state index is 13.8. The Balaban J connectivity index is 1.64. The van der Waals surface area contributed by atoms with Gasteiger partial charge in [0.05, 0.1) is 11.0 Å². The Morgan fingerprint density at radius 2 is 1.85 bits per heavy atom. The third-order valence-corrected chi connectivity index (χ3v) is 4.86. The SMILES string of the molecule is CC(C)c1ccc(NC(=S)Nc2nn(Cc3ccccc3F)cc2Br)cc1. The lowest BCUT2D eigenvalue weighted by Crippen LogP contribution is -2.19. The van der Waals surface area contributed by atoms with Gasteiger partial charge in [-0.15, -0.1) is 0 Å². The van der Waals surface area contributed by atoms with Crippen molar-refractivity contribution < 1.29 is 4.39 Å². The highest BCUT2D eigenvalue weighted by atomic mass is 79.9. The molecular formula is C20H20BrFN4S. The summed E-state index contributed by atoms with van der Waals surface area (Å²) in [4.78, 5) is 0. The van der Waals surface area contributed by atoms with Crippen LogP contribution in [-0.2, 0) is 6.54 Å². The van der Waals surface area contributed by atoms with Gasteiger partial charge in [0.25, 0.3) is 0 Å². The molecule has 140 valence electrons. The van der Waals surface area contributed by atoms with Gasteiger partial charge in [0.1, 0.15) is 5.82 Å². The number of nitrogens with zero attached hydrogens (tertiary/aromatic N) is 2. The van der Waals surface area contributed by atoms with Crippen molar-refractivity contribution in [3.8, 4) is 0 Å². The molecule has 0 aliphatic rings. The normalized spacial score (nSPS) is 10.9. The molecule has 7 heteroatoms. The molecule has 0 unspecified atom stereocenters. The Kier molecular flexibility index (Phi) is 6.23. The zero-order valence-corrected chi connectivity index (χ0v) is 17.4. The number of benzene rings is 2.